The van der Waals surface area contributed by atoms with Crippen molar-refractivity contribution < 1.29 is 0 Å². The van der Waals surface area contributed by atoms with Crippen LogP contribution in [0.1, 0.15) is 37.8 Å². The van der Waals surface area contributed by atoms with E-state index in [4.69, 9.17) is 29.6 Å². The topological polar surface area (TPSA) is 12.0 Å². The zero-order valence-electron chi connectivity index (χ0n) is 9.97. The Balaban J connectivity index is 2.86. The number of nitrogens with one attached hydrogen (secondary N) is 1. The number of benzene rings is 1. The van der Waals surface area contributed by atoms with Crippen molar-refractivity contribution >= 4 is 23.2 Å². The van der Waals surface area contributed by atoms with E-state index in [9.17, 15) is 0 Å². The molecule has 17 heavy (non-hydrogen) atoms. The van der Waals surface area contributed by atoms with Gasteiger partial charge in [0, 0.05) is 22.5 Å². The summed E-state index contributed by atoms with van der Waals surface area (Å²) < 4.78 is 0. The van der Waals surface area contributed by atoms with Crippen LogP contribution in [0.3, 0.4) is 0 Å². The summed E-state index contributed by atoms with van der Waals surface area (Å²) in [5.74, 6) is 2.66. The first kappa shape index (κ1) is 14.4. The molecule has 0 bridgehead atoms. The highest BCUT2D eigenvalue weighted by Gasteiger charge is 2.13. The fraction of sp³-hybridized carbons (Fsp3) is 0.429. The first-order valence-corrected chi connectivity index (χ1v) is 6.56. The van der Waals surface area contributed by atoms with E-state index in [-0.39, 0.29) is 6.04 Å². The first-order chi connectivity index (χ1) is 8.19. The molecule has 1 aromatic carbocycles. The van der Waals surface area contributed by atoms with Gasteiger partial charge in [-0.05, 0) is 43.1 Å². The van der Waals surface area contributed by atoms with Gasteiger partial charge in [0.25, 0.3) is 0 Å². The Morgan fingerprint density at radius 1 is 1.41 bits per heavy atom. The molecule has 1 N–H and O–H groups in total. The molecular weight excluding hydrogens is 253 g/mol. The Labute approximate surface area is 114 Å². The zero-order valence-corrected chi connectivity index (χ0v) is 11.5. The van der Waals surface area contributed by atoms with Crippen LogP contribution in [0.4, 0.5) is 0 Å². The molecule has 0 heterocycles. The summed E-state index contributed by atoms with van der Waals surface area (Å²) >= 11 is 12.2. The molecule has 0 aliphatic carbocycles. The van der Waals surface area contributed by atoms with E-state index >= 15 is 0 Å². The van der Waals surface area contributed by atoms with E-state index in [0.29, 0.717) is 5.02 Å². The van der Waals surface area contributed by atoms with Crippen LogP contribution in [0.15, 0.2) is 18.2 Å². The molecule has 0 aliphatic heterocycles. The average Bonchev–Trinajstić information content (AvgIpc) is 2.33. The third kappa shape index (κ3) is 4.60. The van der Waals surface area contributed by atoms with Crippen molar-refractivity contribution in [3.8, 4) is 12.3 Å². The van der Waals surface area contributed by atoms with Gasteiger partial charge in [-0.1, -0.05) is 30.1 Å². The summed E-state index contributed by atoms with van der Waals surface area (Å²) in [6.07, 6.45) is 7.99. The standard InChI is InChI=1S/C14H17Cl2N/c1-3-5-6-14(17-9-4-2)12-10-11(15)7-8-13(12)16/h1,7-8,10,14,17H,4-6,9H2,2H3. The molecular formula is C14H17Cl2N. The SMILES string of the molecule is C#CCCC(NCCC)c1cc(Cl)ccc1Cl. The minimum absolute atomic E-state index is 0.178. The second-order valence-corrected chi connectivity index (χ2v) is 4.76. The van der Waals surface area contributed by atoms with Crippen LogP contribution in [0, 0.1) is 12.3 Å². The predicted octanol–water partition coefficient (Wildman–Crippen LogP) is 4.45. The molecule has 0 saturated heterocycles. The summed E-state index contributed by atoms with van der Waals surface area (Å²) in [6, 6.07) is 5.71. The largest absolute Gasteiger partial charge is 0.310 e. The van der Waals surface area contributed by atoms with Crippen LogP contribution < -0.4 is 5.32 Å². The molecule has 0 saturated carbocycles. The predicted molar refractivity (Wildman–Crippen MR) is 75.6 cm³/mol. The van der Waals surface area contributed by atoms with E-state index in [2.05, 4.69) is 18.2 Å². The van der Waals surface area contributed by atoms with E-state index in [1.165, 1.54) is 0 Å². The van der Waals surface area contributed by atoms with Gasteiger partial charge in [0.1, 0.15) is 0 Å². The van der Waals surface area contributed by atoms with Gasteiger partial charge in [-0.2, -0.15) is 0 Å². The summed E-state index contributed by atoms with van der Waals surface area (Å²) in [5, 5.41) is 4.89. The van der Waals surface area contributed by atoms with Crippen LogP contribution in [0.5, 0.6) is 0 Å². The van der Waals surface area contributed by atoms with Gasteiger partial charge < -0.3 is 5.32 Å². The number of hydrogen-bond acceptors (Lipinski definition) is 1. The van der Waals surface area contributed by atoms with E-state index < -0.39 is 0 Å². The molecule has 1 rings (SSSR count). The monoisotopic (exact) mass is 269 g/mol. The van der Waals surface area contributed by atoms with Crippen LogP contribution in [0.2, 0.25) is 10.0 Å². The van der Waals surface area contributed by atoms with Gasteiger partial charge in [-0.3, -0.25) is 0 Å². The van der Waals surface area contributed by atoms with Crippen LogP contribution in [0.25, 0.3) is 0 Å². The molecule has 1 aromatic rings. The fourth-order valence-electron chi connectivity index (χ4n) is 1.70. The summed E-state index contributed by atoms with van der Waals surface area (Å²) in [5.41, 5.74) is 1.03. The maximum absolute atomic E-state index is 6.20. The molecule has 1 unspecified atom stereocenters. The minimum Gasteiger partial charge on any atom is -0.310 e. The van der Waals surface area contributed by atoms with Crippen molar-refractivity contribution in [3.63, 3.8) is 0 Å². The highest BCUT2D eigenvalue weighted by molar-refractivity contribution is 6.33. The van der Waals surface area contributed by atoms with Crippen molar-refractivity contribution in [1.82, 2.24) is 5.32 Å². The minimum atomic E-state index is 0.178. The lowest BCUT2D eigenvalue weighted by molar-refractivity contribution is 0.506. The molecule has 1 atom stereocenters. The lowest BCUT2D eigenvalue weighted by Crippen LogP contribution is -2.22. The fourth-order valence-corrected chi connectivity index (χ4v) is 2.13. The third-order valence-electron chi connectivity index (χ3n) is 2.55. The second-order valence-electron chi connectivity index (χ2n) is 3.92. The second kappa shape index (κ2) is 7.61. The first-order valence-electron chi connectivity index (χ1n) is 5.80. The normalized spacial score (nSPS) is 12.1. The Morgan fingerprint density at radius 3 is 2.82 bits per heavy atom. The third-order valence-corrected chi connectivity index (χ3v) is 3.13. The molecule has 92 valence electrons. The maximum Gasteiger partial charge on any atom is 0.0454 e. The van der Waals surface area contributed by atoms with Gasteiger partial charge in [0.05, 0.1) is 0 Å². The van der Waals surface area contributed by atoms with E-state index in [0.717, 1.165) is 36.4 Å². The smallest absolute Gasteiger partial charge is 0.0454 e. The van der Waals surface area contributed by atoms with Gasteiger partial charge in [-0.15, -0.1) is 12.3 Å². The van der Waals surface area contributed by atoms with Crippen molar-refractivity contribution in [2.75, 3.05) is 6.54 Å². The summed E-state index contributed by atoms with van der Waals surface area (Å²) in [6.45, 7) is 3.07. The number of terminal acetylenes is 1. The zero-order chi connectivity index (χ0) is 12.7. The molecule has 0 spiro atoms. The van der Waals surface area contributed by atoms with Gasteiger partial charge >= 0.3 is 0 Å². The molecule has 3 heteroatoms. The average molecular weight is 270 g/mol. The Bertz CT molecular complexity index is 396. The van der Waals surface area contributed by atoms with Crippen molar-refractivity contribution in [2.24, 2.45) is 0 Å². The molecule has 0 aliphatic rings. The van der Waals surface area contributed by atoms with Gasteiger partial charge in [-0.25, -0.2) is 0 Å². The summed E-state index contributed by atoms with van der Waals surface area (Å²) in [7, 11) is 0. The van der Waals surface area contributed by atoms with Crippen LogP contribution in [-0.4, -0.2) is 6.54 Å². The molecule has 0 radical (unpaired) electrons. The number of halogens is 2. The number of hydrogen-bond donors (Lipinski definition) is 1. The molecule has 1 nitrogen and oxygen atoms in total. The molecule has 0 fully saturated rings. The Hall–Kier alpha value is -0.680. The maximum atomic E-state index is 6.20. The summed E-state index contributed by atoms with van der Waals surface area (Å²) in [4.78, 5) is 0. The lowest BCUT2D eigenvalue weighted by atomic mass is 10.0. The number of rotatable bonds is 6. The van der Waals surface area contributed by atoms with Crippen LogP contribution in [-0.2, 0) is 0 Å². The highest BCUT2D eigenvalue weighted by Crippen LogP contribution is 2.28. The Morgan fingerprint density at radius 2 is 2.18 bits per heavy atom. The Kier molecular flexibility index (Phi) is 6.44. The highest BCUT2D eigenvalue weighted by atomic mass is 35.5. The van der Waals surface area contributed by atoms with Gasteiger partial charge in [0.2, 0.25) is 0 Å². The van der Waals surface area contributed by atoms with E-state index in [1.807, 2.05) is 12.1 Å². The van der Waals surface area contributed by atoms with E-state index in [1.54, 1.807) is 6.07 Å². The van der Waals surface area contributed by atoms with Gasteiger partial charge in [0.15, 0.2) is 0 Å². The van der Waals surface area contributed by atoms with Crippen LogP contribution >= 0.6 is 23.2 Å². The quantitative estimate of drug-likeness (QED) is 0.753. The lowest BCUT2D eigenvalue weighted by Gasteiger charge is -2.19. The molecule has 0 aromatic heterocycles. The molecule has 0 amide bonds. The van der Waals surface area contributed by atoms with Crippen molar-refractivity contribution in [1.29, 1.82) is 0 Å². The van der Waals surface area contributed by atoms with Crippen molar-refractivity contribution in [2.45, 2.75) is 32.2 Å². The van der Waals surface area contributed by atoms with Crippen molar-refractivity contribution in [3.05, 3.63) is 33.8 Å².